The summed E-state index contributed by atoms with van der Waals surface area (Å²) in [6, 6.07) is 11.7. The predicted octanol–water partition coefficient (Wildman–Crippen LogP) is 3.28. The van der Waals surface area contributed by atoms with Crippen molar-refractivity contribution < 1.29 is 4.79 Å². The number of benzene rings is 1. The minimum atomic E-state index is -0.311. The van der Waals surface area contributed by atoms with Gasteiger partial charge in [-0.2, -0.15) is 0 Å². The van der Waals surface area contributed by atoms with Crippen LogP contribution in [0.3, 0.4) is 0 Å². The molecule has 1 amide bonds. The molecule has 0 saturated carbocycles. The van der Waals surface area contributed by atoms with Crippen molar-refractivity contribution in [1.29, 1.82) is 0 Å². The minimum Gasteiger partial charge on any atom is -0.321 e. The molecule has 1 aromatic carbocycles. The molecule has 0 spiro atoms. The Morgan fingerprint density at radius 2 is 2.17 bits per heavy atom. The second-order valence-corrected chi connectivity index (χ2v) is 3.41. The fraction of sp³-hybridized carbons (Fsp3) is 0. The molecule has 2 aromatic rings. The number of carbonyl (C=O) groups is 1. The first kappa shape index (κ1) is 11.6. The quantitative estimate of drug-likeness (QED) is 0.505. The van der Waals surface area contributed by atoms with Crippen LogP contribution in [0.2, 0.25) is 0 Å². The molecular formula is C12H9N5O. The van der Waals surface area contributed by atoms with Crippen molar-refractivity contribution in [3.63, 3.8) is 0 Å². The molecule has 0 aliphatic rings. The van der Waals surface area contributed by atoms with Crippen molar-refractivity contribution in [1.82, 2.24) is 4.98 Å². The lowest BCUT2D eigenvalue weighted by Gasteiger charge is -2.04. The Morgan fingerprint density at radius 3 is 2.89 bits per heavy atom. The number of rotatable bonds is 3. The number of hydrogen-bond acceptors (Lipinski definition) is 3. The van der Waals surface area contributed by atoms with E-state index in [4.69, 9.17) is 5.53 Å². The van der Waals surface area contributed by atoms with Crippen LogP contribution in [0.15, 0.2) is 53.8 Å². The summed E-state index contributed by atoms with van der Waals surface area (Å²) in [7, 11) is 0. The van der Waals surface area contributed by atoms with Gasteiger partial charge in [-0.15, -0.1) is 0 Å². The maximum atomic E-state index is 11.8. The van der Waals surface area contributed by atoms with Gasteiger partial charge in [0.05, 0.1) is 0 Å². The fourth-order valence-corrected chi connectivity index (χ4v) is 1.39. The first-order valence-electron chi connectivity index (χ1n) is 5.17. The zero-order valence-corrected chi connectivity index (χ0v) is 9.32. The number of aromatic nitrogens is 1. The van der Waals surface area contributed by atoms with E-state index in [0.29, 0.717) is 17.1 Å². The third-order valence-electron chi connectivity index (χ3n) is 2.16. The monoisotopic (exact) mass is 239 g/mol. The standard InChI is InChI=1S/C12H9N5O/c13-17-16-10-5-3-4-9(8-10)15-12(18)11-6-1-2-7-14-11/h1-8H,(H,15,18). The largest absolute Gasteiger partial charge is 0.321 e. The lowest BCUT2D eigenvalue weighted by Crippen LogP contribution is -2.13. The van der Waals surface area contributed by atoms with Crippen LogP contribution < -0.4 is 5.32 Å². The zero-order valence-electron chi connectivity index (χ0n) is 9.32. The van der Waals surface area contributed by atoms with Gasteiger partial charge in [-0.05, 0) is 29.8 Å². The fourth-order valence-electron chi connectivity index (χ4n) is 1.39. The van der Waals surface area contributed by atoms with Crippen LogP contribution in [0, 0.1) is 0 Å². The molecule has 6 heteroatoms. The Labute approximate surface area is 103 Å². The zero-order chi connectivity index (χ0) is 12.8. The molecule has 0 aliphatic carbocycles. The minimum absolute atomic E-state index is 0.311. The number of pyridine rings is 1. The van der Waals surface area contributed by atoms with Crippen LogP contribution in [-0.2, 0) is 0 Å². The molecule has 0 radical (unpaired) electrons. The van der Waals surface area contributed by atoms with Gasteiger partial charge in [-0.1, -0.05) is 23.3 Å². The van der Waals surface area contributed by atoms with Gasteiger partial charge in [-0.3, -0.25) is 9.78 Å². The highest BCUT2D eigenvalue weighted by molar-refractivity contribution is 6.02. The maximum Gasteiger partial charge on any atom is 0.274 e. The molecule has 0 unspecified atom stereocenters. The molecule has 0 fully saturated rings. The van der Waals surface area contributed by atoms with Crippen molar-refractivity contribution in [3.05, 3.63) is 64.8 Å². The van der Waals surface area contributed by atoms with Gasteiger partial charge >= 0.3 is 0 Å². The SMILES string of the molecule is [N-]=[N+]=Nc1cccc(NC(=O)c2ccccn2)c1. The number of azide groups is 1. The van der Waals surface area contributed by atoms with Gasteiger partial charge in [0.25, 0.3) is 5.91 Å². The second-order valence-electron chi connectivity index (χ2n) is 3.41. The molecule has 0 atom stereocenters. The Kier molecular flexibility index (Phi) is 3.53. The van der Waals surface area contributed by atoms with E-state index >= 15 is 0 Å². The summed E-state index contributed by atoms with van der Waals surface area (Å²) in [5.41, 5.74) is 9.65. The topological polar surface area (TPSA) is 90.8 Å². The number of nitrogens with one attached hydrogen (secondary N) is 1. The molecule has 2 rings (SSSR count). The number of hydrogen-bond donors (Lipinski definition) is 1. The Hall–Kier alpha value is -2.85. The highest BCUT2D eigenvalue weighted by atomic mass is 16.1. The van der Waals surface area contributed by atoms with Gasteiger partial charge in [-0.25, -0.2) is 0 Å². The first-order chi connectivity index (χ1) is 8.79. The Morgan fingerprint density at radius 1 is 1.28 bits per heavy atom. The molecule has 1 heterocycles. The van der Waals surface area contributed by atoms with Gasteiger partial charge in [0.15, 0.2) is 0 Å². The van der Waals surface area contributed by atoms with Crippen LogP contribution in [0.1, 0.15) is 10.5 Å². The summed E-state index contributed by atoms with van der Waals surface area (Å²) < 4.78 is 0. The third-order valence-corrected chi connectivity index (χ3v) is 2.16. The lowest BCUT2D eigenvalue weighted by molar-refractivity contribution is 0.102. The number of nitrogens with zero attached hydrogens (tertiary/aromatic N) is 4. The normalized spacial score (nSPS) is 9.33. The lowest BCUT2D eigenvalue weighted by atomic mass is 10.2. The molecule has 88 valence electrons. The van der Waals surface area contributed by atoms with Gasteiger partial charge in [0.1, 0.15) is 5.69 Å². The van der Waals surface area contributed by atoms with Crippen LogP contribution >= 0.6 is 0 Å². The predicted molar refractivity (Wildman–Crippen MR) is 67.4 cm³/mol. The van der Waals surface area contributed by atoms with E-state index in [1.807, 2.05) is 0 Å². The molecule has 0 bridgehead atoms. The van der Waals surface area contributed by atoms with Crippen molar-refractivity contribution >= 4 is 17.3 Å². The van der Waals surface area contributed by atoms with Crippen molar-refractivity contribution in [3.8, 4) is 0 Å². The van der Waals surface area contributed by atoms with E-state index in [2.05, 4.69) is 20.3 Å². The number of anilines is 1. The summed E-state index contributed by atoms with van der Waals surface area (Å²) in [5, 5.41) is 6.13. The highest BCUT2D eigenvalue weighted by Crippen LogP contribution is 2.18. The van der Waals surface area contributed by atoms with Crippen LogP contribution in [0.5, 0.6) is 0 Å². The van der Waals surface area contributed by atoms with Crippen molar-refractivity contribution in [2.24, 2.45) is 5.11 Å². The number of amides is 1. The van der Waals surface area contributed by atoms with E-state index in [-0.39, 0.29) is 5.91 Å². The van der Waals surface area contributed by atoms with Crippen LogP contribution in [0.25, 0.3) is 10.4 Å². The van der Waals surface area contributed by atoms with E-state index in [0.717, 1.165) is 0 Å². The molecule has 18 heavy (non-hydrogen) atoms. The van der Waals surface area contributed by atoms with E-state index in [9.17, 15) is 4.79 Å². The van der Waals surface area contributed by atoms with Gasteiger partial charge < -0.3 is 5.32 Å². The summed E-state index contributed by atoms with van der Waals surface area (Å²) in [4.78, 5) is 18.4. The molecule has 0 aliphatic heterocycles. The summed E-state index contributed by atoms with van der Waals surface area (Å²) in [5.74, 6) is -0.311. The number of carbonyl (C=O) groups excluding carboxylic acids is 1. The van der Waals surface area contributed by atoms with Crippen molar-refractivity contribution in [2.45, 2.75) is 0 Å². The summed E-state index contributed by atoms with van der Waals surface area (Å²) in [6.45, 7) is 0. The van der Waals surface area contributed by atoms with E-state index in [1.54, 1.807) is 48.7 Å². The smallest absolute Gasteiger partial charge is 0.274 e. The first-order valence-corrected chi connectivity index (χ1v) is 5.17. The van der Waals surface area contributed by atoms with E-state index < -0.39 is 0 Å². The van der Waals surface area contributed by atoms with Gasteiger partial charge in [0, 0.05) is 22.5 Å². The van der Waals surface area contributed by atoms with E-state index in [1.165, 1.54) is 0 Å². The van der Waals surface area contributed by atoms with Crippen molar-refractivity contribution in [2.75, 3.05) is 5.32 Å². The molecular weight excluding hydrogens is 230 g/mol. The summed E-state index contributed by atoms with van der Waals surface area (Å²) >= 11 is 0. The summed E-state index contributed by atoms with van der Waals surface area (Å²) in [6.07, 6.45) is 1.55. The second kappa shape index (κ2) is 5.47. The molecule has 1 aromatic heterocycles. The molecule has 1 N–H and O–H groups in total. The molecule has 6 nitrogen and oxygen atoms in total. The average Bonchev–Trinajstić information content (AvgIpc) is 2.40. The third kappa shape index (κ3) is 2.84. The average molecular weight is 239 g/mol. The molecule has 0 saturated heterocycles. The Balaban J connectivity index is 2.17. The highest BCUT2D eigenvalue weighted by Gasteiger charge is 2.06. The maximum absolute atomic E-state index is 11.8. The Bertz CT molecular complexity index is 605. The van der Waals surface area contributed by atoms with Gasteiger partial charge in [0.2, 0.25) is 0 Å². The van der Waals surface area contributed by atoms with Crippen LogP contribution in [0.4, 0.5) is 11.4 Å². The van der Waals surface area contributed by atoms with Crippen LogP contribution in [-0.4, -0.2) is 10.9 Å².